The number of nitrogens with zero attached hydrogens (tertiary/aromatic N) is 3. The molecule has 1 unspecified atom stereocenters. The molecule has 2 aromatic heterocycles. The second-order valence-electron chi connectivity index (χ2n) is 6.19. The Balaban J connectivity index is 1.80. The van der Waals surface area contributed by atoms with Gasteiger partial charge in [-0.25, -0.2) is 0 Å². The molecule has 0 aliphatic carbocycles. The predicted molar refractivity (Wildman–Crippen MR) is 91.0 cm³/mol. The predicted octanol–water partition coefficient (Wildman–Crippen LogP) is 2.56. The fraction of sp³-hybridized carbons (Fsp3) is 0.444. The minimum absolute atomic E-state index is 0.0842. The summed E-state index contributed by atoms with van der Waals surface area (Å²) in [6.07, 6.45) is 5.39. The first-order valence-electron chi connectivity index (χ1n) is 8.20. The molecule has 0 radical (unpaired) electrons. The molecule has 1 aliphatic heterocycles. The first-order valence-corrected chi connectivity index (χ1v) is 8.20. The molecule has 1 amide bonds. The molecular weight excluding hydrogens is 306 g/mol. The van der Waals surface area contributed by atoms with Crippen molar-refractivity contribution >= 4 is 11.6 Å². The fourth-order valence-corrected chi connectivity index (χ4v) is 2.82. The number of rotatable bonds is 6. The summed E-state index contributed by atoms with van der Waals surface area (Å²) in [7, 11) is 3.88. The van der Waals surface area contributed by atoms with Gasteiger partial charge in [0.15, 0.2) is 0 Å². The third kappa shape index (κ3) is 3.94. The van der Waals surface area contributed by atoms with Crippen molar-refractivity contribution in [2.45, 2.75) is 25.5 Å². The van der Waals surface area contributed by atoms with Crippen molar-refractivity contribution in [3.05, 3.63) is 48.2 Å². The first-order chi connectivity index (χ1) is 11.6. The van der Waals surface area contributed by atoms with Crippen molar-refractivity contribution in [3.63, 3.8) is 0 Å². The van der Waals surface area contributed by atoms with Crippen LogP contribution < -0.4 is 4.90 Å². The van der Waals surface area contributed by atoms with Crippen molar-refractivity contribution in [1.82, 2.24) is 9.88 Å². The number of carbonyl (C=O) groups excluding carboxylic acids is 1. The molecule has 3 heterocycles. The molecule has 0 saturated carbocycles. The Bertz CT molecular complexity index is 664. The van der Waals surface area contributed by atoms with Gasteiger partial charge in [-0.2, -0.15) is 0 Å². The van der Waals surface area contributed by atoms with E-state index in [9.17, 15) is 4.79 Å². The van der Waals surface area contributed by atoms with Gasteiger partial charge in [-0.3, -0.25) is 9.78 Å². The molecule has 1 fully saturated rings. The van der Waals surface area contributed by atoms with Gasteiger partial charge in [-0.15, -0.1) is 0 Å². The topological polar surface area (TPSA) is 58.8 Å². The molecule has 1 saturated heterocycles. The standard InChI is InChI=1S/C18H23N3O3/c1-20(2)14-7-8-19-17(11-14)18(22)21(12-15-5-3-9-23-15)13-16-6-4-10-24-16/h3,5,7-9,11,16H,4,6,10,12-13H2,1-2H3. The van der Waals surface area contributed by atoms with E-state index in [1.807, 2.05) is 43.3 Å². The second-order valence-corrected chi connectivity index (χ2v) is 6.19. The molecule has 0 N–H and O–H groups in total. The van der Waals surface area contributed by atoms with Gasteiger partial charge in [0.25, 0.3) is 5.91 Å². The van der Waals surface area contributed by atoms with Gasteiger partial charge in [-0.05, 0) is 37.1 Å². The van der Waals surface area contributed by atoms with E-state index in [1.54, 1.807) is 17.4 Å². The Morgan fingerprint density at radius 2 is 2.25 bits per heavy atom. The molecule has 128 valence electrons. The highest BCUT2D eigenvalue weighted by atomic mass is 16.5. The maximum atomic E-state index is 13.0. The number of aromatic nitrogens is 1. The number of carbonyl (C=O) groups is 1. The van der Waals surface area contributed by atoms with Gasteiger partial charge in [0.2, 0.25) is 0 Å². The van der Waals surface area contributed by atoms with Gasteiger partial charge >= 0.3 is 0 Å². The van der Waals surface area contributed by atoms with Crippen molar-refractivity contribution in [1.29, 1.82) is 0 Å². The summed E-state index contributed by atoms with van der Waals surface area (Å²) in [6.45, 7) is 1.73. The average Bonchev–Trinajstić information content (AvgIpc) is 3.27. The molecule has 3 rings (SSSR count). The summed E-state index contributed by atoms with van der Waals surface area (Å²) in [5.41, 5.74) is 1.38. The van der Waals surface area contributed by atoms with Crippen molar-refractivity contribution in [3.8, 4) is 0 Å². The van der Waals surface area contributed by atoms with Crippen LogP contribution in [-0.4, -0.2) is 49.1 Å². The Morgan fingerprint density at radius 3 is 2.92 bits per heavy atom. The Hall–Kier alpha value is -2.34. The van der Waals surface area contributed by atoms with Crippen LogP contribution in [0, 0.1) is 0 Å². The van der Waals surface area contributed by atoms with Crippen LogP contribution in [0.4, 0.5) is 5.69 Å². The number of furan rings is 1. The molecule has 6 nitrogen and oxygen atoms in total. The first kappa shape index (κ1) is 16.5. The lowest BCUT2D eigenvalue weighted by molar-refractivity contribution is 0.0487. The van der Waals surface area contributed by atoms with Gasteiger partial charge in [0.1, 0.15) is 11.5 Å². The number of ether oxygens (including phenoxy) is 1. The number of hydrogen-bond donors (Lipinski definition) is 0. The van der Waals surface area contributed by atoms with Crippen LogP contribution in [0.5, 0.6) is 0 Å². The van der Waals surface area contributed by atoms with Crippen molar-refractivity contribution in [2.24, 2.45) is 0 Å². The SMILES string of the molecule is CN(C)c1ccnc(C(=O)N(Cc2ccco2)CC2CCCO2)c1. The summed E-state index contributed by atoms with van der Waals surface area (Å²) in [4.78, 5) is 21.0. The number of amides is 1. The maximum Gasteiger partial charge on any atom is 0.273 e. The normalized spacial score (nSPS) is 17.0. The van der Waals surface area contributed by atoms with E-state index in [0.29, 0.717) is 18.8 Å². The molecule has 1 aliphatic rings. The van der Waals surface area contributed by atoms with Crippen molar-refractivity contribution in [2.75, 3.05) is 32.1 Å². The van der Waals surface area contributed by atoms with Crippen LogP contribution in [-0.2, 0) is 11.3 Å². The van der Waals surface area contributed by atoms with E-state index >= 15 is 0 Å². The van der Waals surface area contributed by atoms with Crippen LogP contribution in [0.1, 0.15) is 29.1 Å². The Labute approximate surface area is 142 Å². The van der Waals surface area contributed by atoms with Crippen LogP contribution >= 0.6 is 0 Å². The smallest absolute Gasteiger partial charge is 0.273 e. The number of pyridine rings is 1. The van der Waals surface area contributed by atoms with Gasteiger partial charge < -0.3 is 19.0 Å². The monoisotopic (exact) mass is 329 g/mol. The largest absolute Gasteiger partial charge is 0.467 e. The van der Waals surface area contributed by atoms with Gasteiger partial charge in [0.05, 0.1) is 18.9 Å². The molecule has 2 aromatic rings. The molecular formula is C18H23N3O3. The highest BCUT2D eigenvalue weighted by molar-refractivity contribution is 5.93. The lowest BCUT2D eigenvalue weighted by atomic mass is 10.2. The van der Waals surface area contributed by atoms with E-state index in [-0.39, 0.29) is 12.0 Å². The van der Waals surface area contributed by atoms with Gasteiger partial charge in [0, 0.05) is 39.1 Å². The third-order valence-electron chi connectivity index (χ3n) is 4.14. The van der Waals surface area contributed by atoms with E-state index in [1.165, 1.54) is 0 Å². The molecule has 6 heteroatoms. The summed E-state index contributed by atoms with van der Waals surface area (Å²) in [5.74, 6) is 0.649. The zero-order chi connectivity index (χ0) is 16.9. The quantitative estimate of drug-likeness (QED) is 0.815. The van der Waals surface area contributed by atoms with E-state index in [0.717, 1.165) is 30.9 Å². The van der Waals surface area contributed by atoms with E-state index in [4.69, 9.17) is 9.15 Å². The van der Waals surface area contributed by atoms with Crippen LogP contribution in [0.15, 0.2) is 41.1 Å². The lowest BCUT2D eigenvalue weighted by Crippen LogP contribution is -2.37. The zero-order valence-corrected chi connectivity index (χ0v) is 14.1. The van der Waals surface area contributed by atoms with E-state index in [2.05, 4.69) is 4.98 Å². The molecule has 1 atom stereocenters. The Morgan fingerprint density at radius 1 is 1.38 bits per heavy atom. The highest BCUT2D eigenvalue weighted by Gasteiger charge is 2.25. The Kier molecular flexibility index (Phi) is 5.15. The summed E-state index contributed by atoms with van der Waals surface area (Å²) in [5, 5.41) is 0. The summed E-state index contributed by atoms with van der Waals surface area (Å²) >= 11 is 0. The highest BCUT2D eigenvalue weighted by Crippen LogP contribution is 2.18. The van der Waals surface area contributed by atoms with Crippen LogP contribution in [0.2, 0.25) is 0 Å². The maximum absolute atomic E-state index is 13.0. The van der Waals surface area contributed by atoms with Crippen molar-refractivity contribution < 1.29 is 13.9 Å². The minimum atomic E-state index is -0.106. The molecule has 24 heavy (non-hydrogen) atoms. The number of hydrogen-bond acceptors (Lipinski definition) is 5. The van der Waals surface area contributed by atoms with Gasteiger partial charge in [-0.1, -0.05) is 0 Å². The van der Waals surface area contributed by atoms with Crippen LogP contribution in [0.25, 0.3) is 0 Å². The average molecular weight is 329 g/mol. The third-order valence-corrected chi connectivity index (χ3v) is 4.14. The molecule has 0 bridgehead atoms. The second kappa shape index (κ2) is 7.49. The molecule has 0 spiro atoms. The minimum Gasteiger partial charge on any atom is -0.467 e. The lowest BCUT2D eigenvalue weighted by Gasteiger charge is -2.24. The van der Waals surface area contributed by atoms with Crippen LogP contribution in [0.3, 0.4) is 0 Å². The molecule has 0 aromatic carbocycles. The zero-order valence-electron chi connectivity index (χ0n) is 14.1. The van der Waals surface area contributed by atoms with E-state index < -0.39 is 0 Å². The summed E-state index contributed by atoms with van der Waals surface area (Å²) in [6, 6.07) is 7.40. The summed E-state index contributed by atoms with van der Waals surface area (Å²) < 4.78 is 11.1. The number of anilines is 1. The fourth-order valence-electron chi connectivity index (χ4n) is 2.82.